The maximum atomic E-state index is 12.7. The third kappa shape index (κ3) is 2.82. The molecule has 1 aromatic carbocycles. The van der Waals surface area contributed by atoms with E-state index in [-0.39, 0.29) is 12.1 Å². The molecule has 2 aliphatic rings. The van der Waals surface area contributed by atoms with Gasteiger partial charge in [0.15, 0.2) is 0 Å². The smallest absolute Gasteiger partial charge is 0.318 e. The maximum absolute atomic E-state index is 12.7. The van der Waals surface area contributed by atoms with Gasteiger partial charge in [0.2, 0.25) is 0 Å². The normalized spacial score (nSPS) is 22.4. The summed E-state index contributed by atoms with van der Waals surface area (Å²) in [6.07, 6.45) is 5.34. The van der Waals surface area contributed by atoms with Crippen LogP contribution in [-0.2, 0) is 6.54 Å². The van der Waals surface area contributed by atoms with Crippen LogP contribution in [0.4, 0.5) is 4.79 Å². The average molecular weight is 340 g/mol. The Kier molecular flexibility index (Phi) is 4.06. The molecule has 0 aliphatic carbocycles. The molecule has 2 atom stereocenters. The minimum atomic E-state index is 0.0265. The lowest BCUT2D eigenvalue weighted by Crippen LogP contribution is -2.48. The number of hydrogen-bond acceptors (Lipinski definition) is 4. The van der Waals surface area contributed by atoms with Gasteiger partial charge in [-0.15, -0.1) is 5.10 Å². The fourth-order valence-electron chi connectivity index (χ4n) is 3.67. The summed E-state index contributed by atoms with van der Waals surface area (Å²) < 4.78 is 3.92. The van der Waals surface area contributed by atoms with E-state index in [1.165, 1.54) is 22.7 Å². The number of hydrogen-bond donors (Lipinski definition) is 1. The molecule has 6 heteroatoms. The number of aromatic nitrogens is 2. The minimum Gasteiger partial charge on any atom is -0.333 e. The molecule has 1 fully saturated rings. The molecule has 124 valence electrons. The van der Waals surface area contributed by atoms with Crippen molar-refractivity contribution in [1.82, 2.24) is 19.8 Å². The van der Waals surface area contributed by atoms with Crippen LogP contribution in [0.2, 0.25) is 0 Å². The van der Waals surface area contributed by atoms with E-state index in [0.29, 0.717) is 12.6 Å². The Bertz CT molecular complexity index is 770. The lowest BCUT2D eigenvalue weighted by atomic mass is 9.95. The zero-order valence-electron chi connectivity index (χ0n) is 13.6. The van der Waals surface area contributed by atoms with Crippen LogP contribution in [0.25, 0.3) is 5.57 Å². The molecule has 1 N–H and O–H groups in total. The van der Waals surface area contributed by atoms with E-state index in [1.54, 1.807) is 0 Å². The van der Waals surface area contributed by atoms with Crippen molar-refractivity contribution in [1.29, 1.82) is 0 Å². The predicted octanol–water partition coefficient (Wildman–Crippen LogP) is 3.38. The molecule has 24 heavy (non-hydrogen) atoms. The van der Waals surface area contributed by atoms with Gasteiger partial charge in [0.05, 0.1) is 23.2 Å². The highest BCUT2D eigenvalue weighted by Gasteiger charge is 2.39. The second-order valence-corrected chi connectivity index (χ2v) is 7.25. The first kappa shape index (κ1) is 15.3. The second-order valence-electron chi connectivity index (χ2n) is 6.41. The standard InChI is InChI=1S/C18H20N4OS/c1-12-17(24-21-20-12)11-19-18(23)22-15-7-8-16(22)10-14(9-15)13-5-3-2-4-6-13/h2-6,9,15-16H,7-8,10-11H2,1H3,(H,19,23). The molecule has 2 aromatic rings. The summed E-state index contributed by atoms with van der Waals surface area (Å²) in [5.41, 5.74) is 3.55. The van der Waals surface area contributed by atoms with Gasteiger partial charge in [-0.2, -0.15) is 0 Å². The first-order valence-electron chi connectivity index (χ1n) is 8.32. The van der Waals surface area contributed by atoms with Crippen molar-refractivity contribution in [2.45, 2.75) is 44.8 Å². The molecule has 2 aliphatic heterocycles. The van der Waals surface area contributed by atoms with Crippen LogP contribution in [0.1, 0.15) is 35.4 Å². The molecule has 2 unspecified atom stereocenters. The number of amides is 2. The number of carbonyl (C=O) groups excluding carboxylic acids is 1. The van der Waals surface area contributed by atoms with E-state index in [1.807, 2.05) is 17.9 Å². The molecule has 4 rings (SSSR count). The van der Waals surface area contributed by atoms with Gasteiger partial charge in [-0.05, 0) is 48.9 Å². The number of nitrogens with zero attached hydrogens (tertiary/aromatic N) is 3. The van der Waals surface area contributed by atoms with E-state index in [0.717, 1.165) is 29.8 Å². The summed E-state index contributed by atoms with van der Waals surface area (Å²) in [5.74, 6) is 0. The van der Waals surface area contributed by atoms with Crippen LogP contribution < -0.4 is 5.32 Å². The molecule has 0 spiro atoms. The summed E-state index contributed by atoms with van der Waals surface area (Å²) >= 11 is 1.35. The predicted molar refractivity (Wildman–Crippen MR) is 94.6 cm³/mol. The van der Waals surface area contributed by atoms with Crippen LogP contribution in [-0.4, -0.2) is 32.6 Å². The molecular weight excluding hydrogens is 320 g/mol. The number of benzene rings is 1. The minimum absolute atomic E-state index is 0.0265. The quantitative estimate of drug-likeness (QED) is 0.932. The number of carbonyl (C=O) groups is 1. The van der Waals surface area contributed by atoms with E-state index >= 15 is 0 Å². The lowest BCUT2D eigenvalue weighted by Gasteiger charge is -2.34. The molecule has 1 aromatic heterocycles. The van der Waals surface area contributed by atoms with Gasteiger partial charge in [0.25, 0.3) is 0 Å². The van der Waals surface area contributed by atoms with Crippen molar-refractivity contribution in [2.24, 2.45) is 0 Å². The lowest BCUT2D eigenvalue weighted by molar-refractivity contribution is 0.179. The van der Waals surface area contributed by atoms with Crippen LogP contribution in [0.5, 0.6) is 0 Å². The summed E-state index contributed by atoms with van der Waals surface area (Å²) in [4.78, 5) is 15.7. The highest BCUT2D eigenvalue weighted by Crippen LogP contribution is 2.38. The molecule has 5 nitrogen and oxygen atoms in total. The Labute approximate surface area is 145 Å². The molecular formula is C18H20N4OS. The summed E-state index contributed by atoms with van der Waals surface area (Å²) in [6.45, 7) is 2.43. The molecule has 1 saturated heterocycles. The van der Waals surface area contributed by atoms with E-state index < -0.39 is 0 Å². The zero-order valence-corrected chi connectivity index (χ0v) is 14.4. The van der Waals surface area contributed by atoms with Gasteiger partial charge in [-0.1, -0.05) is 40.9 Å². The fourth-order valence-corrected chi connectivity index (χ4v) is 4.24. The van der Waals surface area contributed by atoms with Crippen molar-refractivity contribution < 1.29 is 4.79 Å². The molecule has 3 heterocycles. The third-order valence-corrected chi connectivity index (χ3v) is 5.74. The molecule has 2 bridgehead atoms. The largest absolute Gasteiger partial charge is 0.333 e. The number of nitrogens with one attached hydrogen (secondary N) is 1. The van der Waals surface area contributed by atoms with E-state index in [4.69, 9.17) is 0 Å². The van der Waals surface area contributed by atoms with Crippen LogP contribution >= 0.6 is 11.5 Å². The topological polar surface area (TPSA) is 58.1 Å². The second kappa shape index (κ2) is 6.36. The first-order valence-corrected chi connectivity index (χ1v) is 9.10. The van der Waals surface area contributed by atoms with Gasteiger partial charge < -0.3 is 10.2 Å². The van der Waals surface area contributed by atoms with Crippen molar-refractivity contribution in [3.8, 4) is 0 Å². The van der Waals surface area contributed by atoms with Gasteiger partial charge in [-0.3, -0.25) is 0 Å². The van der Waals surface area contributed by atoms with E-state index in [9.17, 15) is 4.79 Å². The van der Waals surface area contributed by atoms with Crippen LogP contribution in [0.15, 0.2) is 36.4 Å². The number of aryl methyl sites for hydroxylation is 1. The summed E-state index contributed by atoms with van der Waals surface area (Å²) in [6, 6.07) is 11.0. The molecule has 0 radical (unpaired) electrons. The van der Waals surface area contributed by atoms with Crippen molar-refractivity contribution in [3.63, 3.8) is 0 Å². The molecule has 2 amide bonds. The van der Waals surface area contributed by atoms with Gasteiger partial charge in [-0.25, -0.2) is 4.79 Å². The van der Waals surface area contributed by atoms with Crippen LogP contribution in [0.3, 0.4) is 0 Å². The Hall–Kier alpha value is -2.21. The van der Waals surface area contributed by atoms with Crippen molar-refractivity contribution >= 4 is 23.1 Å². The third-order valence-electron chi connectivity index (χ3n) is 4.92. The van der Waals surface area contributed by atoms with Crippen LogP contribution in [0, 0.1) is 6.92 Å². The summed E-state index contributed by atoms with van der Waals surface area (Å²) in [7, 11) is 0. The number of rotatable bonds is 3. The Morgan fingerprint density at radius 2 is 2.17 bits per heavy atom. The number of fused-ring (bicyclic) bond motifs is 2. The zero-order chi connectivity index (χ0) is 16.5. The highest BCUT2D eigenvalue weighted by molar-refractivity contribution is 7.05. The molecule has 0 saturated carbocycles. The van der Waals surface area contributed by atoms with Gasteiger partial charge >= 0.3 is 6.03 Å². The van der Waals surface area contributed by atoms with E-state index in [2.05, 4.69) is 45.2 Å². The Morgan fingerprint density at radius 3 is 2.88 bits per heavy atom. The maximum Gasteiger partial charge on any atom is 0.318 e. The summed E-state index contributed by atoms with van der Waals surface area (Å²) in [5, 5.41) is 7.03. The van der Waals surface area contributed by atoms with Gasteiger partial charge in [0, 0.05) is 6.04 Å². The Balaban J connectivity index is 1.46. The monoisotopic (exact) mass is 340 g/mol. The fraction of sp³-hybridized carbons (Fsp3) is 0.389. The van der Waals surface area contributed by atoms with Crippen molar-refractivity contribution in [3.05, 3.63) is 52.5 Å². The van der Waals surface area contributed by atoms with Crippen molar-refractivity contribution in [2.75, 3.05) is 0 Å². The highest BCUT2D eigenvalue weighted by atomic mass is 32.1. The van der Waals surface area contributed by atoms with Gasteiger partial charge in [0.1, 0.15) is 0 Å². The number of urea groups is 1. The Morgan fingerprint density at radius 1 is 1.33 bits per heavy atom. The average Bonchev–Trinajstić information content (AvgIpc) is 3.13. The SMILES string of the molecule is Cc1nnsc1CNC(=O)N1C2C=C(c3ccccc3)CC1CC2. The first-order chi connectivity index (χ1) is 11.7.